The largest absolute Gasteiger partial charge is 0.491 e. The van der Waals surface area contributed by atoms with Crippen molar-refractivity contribution in [2.75, 3.05) is 50.9 Å². The summed E-state index contributed by atoms with van der Waals surface area (Å²) in [4.78, 5) is 20.6. The molecular weight excluding hydrogens is 522 g/mol. The Labute approximate surface area is 232 Å². The number of benzene rings is 2. The van der Waals surface area contributed by atoms with E-state index in [4.69, 9.17) is 21.1 Å². The van der Waals surface area contributed by atoms with Crippen molar-refractivity contribution in [3.8, 4) is 17.6 Å². The number of nitrogens with zero attached hydrogens (tertiary/aromatic N) is 2. The number of carbonyl (C=O) groups is 1. The van der Waals surface area contributed by atoms with Gasteiger partial charge >= 0.3 is 6.09 Å². The molecule has 2 unspecified atom stereocenters. The Balaban J connectivity index is 1.35. The second-order valence-electron chi connectivity index (χ2n) is 9.48. The van der Waals surface area contributed by atoms with Crippen LogP contribution in [-0.4, -0.2) is 83.0 Å². The summed E-state index contributed by atoms with van der Waals surface area (Å²) < 4.78 is 11.4. The van der Waals surface area contributed by atoms with Gasteiger partial charge < -0.3 is 19.6 Å². The molecule has 1 saturated heterocycles. The van der Waals surface area contributed by atoms with E-state index in [9.17, 15) is 9.90 Å². The van der Waals surface area contributed by atoms with E-state index in [-0.39, 0.29) is 19.3 Å². The standard InChI is InChI=1S/C29H32ClN3O4S/c1-2-3-14-36-29(35)33-11-10-24-25-17-21(30)6-9-26(25)31-27(24)28(33)20-4-7-23(8-5-20)37-19-22(34)18-32-12-15-38-16-13-32/h4-9,17,22,28,31,34H,10-16,18-19H2,1H3. The van der Waals surface area contributed by atoms with Gasteiger partial charge in [-0.25, -0.2) is 4.79 Å². The minimum Gasteiger partial charge on any atom is -0.491 e. The number of aliphatic hydroxyl groups excluding tert-OH is 1. The summed E-state index contributed by atoms with van der Waals surface area (Å²) in [5.74, 6) is 8.44. The van der Waals surface area contributed by atoms with Crippen LogP contribution in [0.2, 0.25) is 5.02 Å². The Morgan fingerprint density at radius 1 is 1.21 bits per heavy atom. The van der Waals surface area contributed by atoms with Crippen molar-refractivity contribution in [1.82, 2.24) is 14.8 Å². The van der Waals surface area contributed by atoms with E-state index in [0.717, 1.165) is 52.3 Å². The van der Waals surface area contributed by atoms with Crippen molar-refractivity contribution >= 4 is 40.4 Å². The number of thioether (sulfide) groups is 1. The minimum atomic E-state index is -0.548. The van der Waals surface area contributed by atoms with Crippen LogP contribution in [0.5, 0.6) is 5.75 Å². The number of aromatic amines is 1. The van der Waals surface area contributed by atoms with Crippen LogP contribution in [0.4, 0.5) is 4.79 Å². The molecule has 5 rings (SSSR count). The highest BCUT2D eigenvalue weighted by atomic mass is 35.5. The fourth-order valence-corrected chi connectivity index (χ4v) is 6.28. The van der Waals surface area contributed by atoms with Crippen LogP contribution in [-0.2, 0) is 11.2 Å². The first kappa shape index (κ1) is 26.8. The van der Waals surface area contributed by atoms with Crippen molar-refractivity contribution in [2.45, 2.75) is 25.5 Å². The number of hydrogen-bond acceptors (Lipinski definition) is 6. The maximum absolute atomic E-state index is 13.1. The van der Waals surface area contributed by atoms with Gasteiger partial charge in [0.1, 0.15) is 24.5 Å². The van der Waals surface area contributed by atoms with Gasteiger partial charge in [0.25, 0.3) is 0 Å². The average molecular weight is 554 g/mol. The maximum atomic E-state index is 13.1. The number of aromatic nitrogens is 1. The lowest BCUT2D eigenvalue weighted by Crippen LogP contribution is -2.41. The number of nitrogens with one attached hydrogen (secondary N) is 1. The van der Waals surface area contributed by atoms with E-state index < -0.39 is 12.2 Å². The Hall–Kier alpha value is -2.83. The predicted molar refractivity (Wildman–Crippen MR) is 152 cm³/mol. The van der Waals surface area contributed by atoms with E-state index in [1.165, 1.54) is 0 Å². The molecule has 38 heavy (non-hydrogen) atoms. The molecular formula is C29H32ClN3O4S. The monoisotopic (exact) mass is 553 g/mol. The quantitative estimate of drug-likeness (QED) is 0.412. The second-order valence-corrected chi connectivity index (χ2v) is 11.1. The molecule has 2 N–H and O–H groups in total. The van der Waals surface area contributed by atoms with Crippen molar-refractivity contribution in [2.24, 2.45) is 0 Å². The lowest BCUT2D eigenvalue weighted by molar-refractivity contribution is 0.0715. The van der Waals surface area contributed by atoms with Crippen LogP contribution in [0.15, 0.2) is 42.5 Å². The molecule has 9 heteroatoms. The number of H-pyrrole nitrogens is 1. The highest BCUT2D eigenvalue weighted by Gasteiger charge is 2.35. The molecule has 0 radical (unpaired) electrons. The summed E-state index contributed by atoms with van der Waals surface area (Å²) in [5, 5.41) is 12.2. The number of fused-ring (bicyclic) bond motifs is 3. The van der Waals surface area contributed by atoms with Crippen molar-refractivity contribution in [3.05, 3.63) is 64.3 Å². The molecule has 2 aromatic carbocycles. The first-order chi connectivity index (χ1) is 18.5. The van der Waals surface area contributed by atoms with Gasteiger partial charge in [-0.15, -0.1) is 5.92 Å². The molecule has 1 fully saturated rings. The first-order valence-electron chi connectivity index (χ1n) is 12.9. The van der Waals surface area contributed by atoms with E-state index in [1.54, 1.807) is 11.8 Å². The maximum Gasteiger partial charge on any atom is 0.411 e. The zero-order chi connectivity index (χ0) is 26.5. The third kappa shape index (κ3) is 6.08. The molecule has 7 nitrogen and oxygen atoms in total. The Bertz CT molecular complexity index is 1330. The molecule has 3 heterocycles. The average Bonchev–Trinajstić information content (AvgIpc) is 3.30. The molecule has 0 saturated carbocycles. The van der Waals surface area contributed by atoms with Gasteiger partial charge in [0.05, 0.1) is 0 Å². The Morgan fingerprint density at radius 3 is 2.76 bits per heavy atom. The SMILES string of the molecule is CC#CCOC(=O)N1CCc2c([nH]c3ccc(Cl)cc23)C1c1ccc(OCC(O)CN2CCSCC2)cc1. The summed E-state index contributed by atoms with van der Waals surface area (Å²) in [5.41, 5.74) is 4.03. The smallest absolute Gasteiger partial charge is 0.411 e. The number of ether oxygens (including phenoxy) is 2. The molecule has 2 aliphatic rings. The van der Waals surface area contributed by atoms with Gasteiger partial charge in [-0.05, 0) is 54.8 Å². The van der Waals surface area contributed by atoms with Gasteiger partial charge in [0, 0.05) is 59.3 Å². The third-order valence-electron chi connectivity index (χ3n) is 6.98. The fourth-order valence-electron chi connectivity index (χ4n) is 5.13. The van der Waals surface area contributed by atoms with E-state index >= 15 is 0 Å². The summed E-state index contributed by atoms with van der Waals surface area (Å²) in [6.07, 6.45) is -0.261. The third-order valence-corrected chi connectivity index (χ3v) is 8.16. The van der Waals surface area contributed by atoms with E-state index in [0.29, 0.717) is 30.3 Å². The highest BCUT2D eigenvalue weighted by Crippen LogP contribution is 2.39. The lowest BCUT2D eigenvalue weighted by atomic mass is 9.92. The van der Waals surface area contributed by atoms with Crippen LogP contribution in [0.25, 0.3) is 10.9 Å². The molecule has 3 aromatic rings. The second kappa shape index (κ2) is 12.4. The number of hydrogen-bond donors (Lipinski definition) is 2. The van der Waals surface area contributed by atoms with Crippen molar-refractivity contribution in [1.29, 1.82) is 0 Å². The molecule has 1 aromatic heterocycles. The van der Waals surface area contributed by atoms with Crippen LogP contribution >= 0.6 is 23.4 Å². The van der Waals surface area contributed by atoms with Gasteiger partial charge in [0.15, 0.2) is 6.61 Å². The summed E-state index contributed by atoms with van der Waals surface area (Å²) >= 11 is 8.25. The molecule has 2 aliphatic heterocycles. The first-order valence-corrected chi connectivity index (χ1v) is 14.4. The fraction of sp³-hybridized carbons (Fsp3) is 0.414. The highest BCUT2D eigenvalue weighted by molar-refractivity contribution is 7.99. The van der Waals surface area contributed by atoms with Crippen LogP contribution < -0.4 is 4.74 Å². The van der Waals surface area contributed by atoms with Crippen LogP contribution in [0, 0.1) is 11.8 Å². The summed E-state index contributed by atoms with van der Waals surface area (Å²) in [6, 6.07) is 13.2. The number of halogens is 1. The number of carbonyl (C=O) groups excluding carboxylic acids is 1. The summed E-state index contributed by atoms with van der Waals surface area (Å²) in [6.45, 7) is 5.14. The van der Waals surface area contributed by atoms with Gasteiger partial charge in [-0.2, -0.15) is 11.8 Å². The molecule has 1 amide bonds. The van der Waals surface area contributed by atoms with Crippen LogP contribution in [0.3, 0.4) is 0 Å². The van der Waals surface area contributed by atoms with Gasteiger partial charge in [-0.1, -0.05) is 29.7 Å². The lowest BCUT2D eigenvalue weighted by Gasteiger charge is -2.35. The number of rotatable bonds is 7. The van der Waals surface area contributed by atoms with E-state index in [1.807, 2.05) is 54.2 Å². The zero-order valence-electron chi connectivity index (χ0n) is 21.4. The molecule has 0 spiro atoms. The van der Waals surface area contributed by atoms with Gasteiger partial charge in [-0.3, -0.25) is 9.80 Å². The number of amides is 1. The van der Waals surface area contributed by atoms with Crippen molar-refractivity contribution < 1.29 is 19.4 Å². The molecule has 0 aliphatic carbocycles. The number of β-amino-alcohol motifs (C(OH)–C–C–N with tert-alkyl or cyclic N) is 1. The number of aliphatic hydroxyl groups is 1. The minimum absolute atomic E-state index is 0.0547. The van der Waals surface area contributed by atoms with Crippen LogP contribution in [0.1, 0.15) is 29.8 Å². The summed E-state index contributed by atoms with van der Waals surface area (Å²) in [7, 11) is 0. The molecule has 2 atom stereocenters. The molecule has 0 bridgehead atoms. The van der Waals surface area contributed by atoms with E-state index in [2.05, 4.69) is 21.7 Å². The van der Waals surface area contributed by atoms with Gasteiger partial charge in [0.2, 0.25) is 0 Å². The topological polar surface area (TPSA) is 78.0 Å². The Kier molecular flexibility index (Phi) is 8.70. The molecule has 200 valence electrons. The Morgan fingerprint density at radius 2 is 2.00 bits per heavy atom. The normalized spacial score (nSPS) is 18.4. The predicted octanol–water partition coefficient (Wildman–Crippen LogP) is 4.72. The zero-order valence-corrected chi connectivity index (χ0v) is 23.0. The van der Waals surface area contributed by atoms with Crippen molar-refractivity contribution in [3.63, 3.8) is 0 Å².